The molecule has 2 heterocycles. The summed E-state index contributed by atoms with van der Waals surface area (Å²) in [5.41, 5.74) is -0.463. The summed E-state index contributed by atoms with van der Waals surface area (Å²) in [5.74, 6) is 0. The van der Waals surface area contributed by atoms with E-state index in [9.17, 15) is 4.79 Å². The SMILES string of the molecule is CC(C)N1CCCC(NCC2COCCN2C(=O)OC(C)(C)C)CC1. The van der Waals surface area contributed by atoms with E-state index in [1.807, 2.05) is 25.7 Å². The second kappa shape index (κ2) is 9.19. The number of hydrogen-bond acceptors (Lipinski definition) is 5. The van der Waals surface area contributed by atoms with Gasteiger partial charge in [-0.05, 0) is 67.0 Å². The molecule has 0 spiro atoms. The van der Waals surface area contributed by atoms with Crippen molar-refractivity contribution in [2.75, 3.05) is 39.4 Å². The van der Waals surface area contributed by atoms with Gasteiger partial charge >= 0.3 is 6.09 Å². The molecule has 2 aliphatic heterocycles. The third-order valence-corrected chi connectivity index (χ3v) is 4.99. The van der Waals surface area contributed by atoms with Crippen LogP contribution in [0.2, 0.25) is 0 Å². The molecule has 2 fully saturated rings. The average molecular weight is 356 g/mol. The Hall–Kier alpha value is -0.850. The van der Waals surface area contributed by atoms with Crippen LogP contribution in [0.25, 0.3) is 0 Å². The Morgan fingerprint density at radius 1 is 1.24 bits per heavy atom. The highest BCUT2D eigenvalue weighted by atomic mass is 16.6. The third kappa shape index (κ3) is 6.76. The Kier molecular flexibility index (Phi) is 7.52. The molecule has 0 aromatic carbocycles. The molecule has 25 heavy (non-hydrogen) atoms. The molecule has 2 atom stereocenters. The van der Waals surface area contributed by atoms with Crippen LogP contribution in [0.1, 0.15) is 53.9 Å². The molecule has 2 rings (SSSR count). The molecule has 1 amide bonds. The molecule has 146 valence electrons. The first-order valence-electron chi connectivity index (χ1n) is 9.81. The molecule has 2 unspecified atom stereocenters. The number of ether oxygens (including phenoxy) is 2. The van der Waals surface area contributed by atoms with Gasteiger partial charge in [-0.3, -0.25) is 4.90 Å². The van der Waals surface area contributed by atoms with Crippen molar-refractivity contribution in [3.05, 3.63) is 0 Å². The maximum Gasteiger partial charge on any atom is 0.410 e. The summed E-state index contributed by atoms with van der Waals surface area (Å²) < 4.78 is 11.2. The molecule has 0 aliphatic carbocycles. The summed E-state index contributed by atoms with van der Waals surface area (Å²) in [4.78, 5) is 16.8. The van der Waals surface area contributed by atoms with Crippen LogP contribution in [0.4, 0.5) is 4.79 Å². The quantitative estimate of drug-likeness (QED) is 0.840. The summed E-state index contributed by atoms with van der Waals surface area (Å²) in [7, 11) is 0. The first-order valence-corrected chi connectivity index (χ1v) is 9.81. The molecule has 6 heteroatoms. The maximum atomic E-state index is 12.5. The predicted molar refractivity (Wildman–Crippen MR) is 99.9 cm³/mol. The Morgan fingerprint density at radius 3 is 2.68 bits per heavy atom. The smallest absolute Gasteiger partial charge is 0.410 e. The van der Waals surface area contributed by atoms with E-state index in [4.69, 9.17) is 9.47 Å². The highest BCUT2D eigenvalue weighted by molar-refractivity contribution is 5.68. The maximum absolute atomic E-state index is 12.5. The van der Waals surface area contributed by atoms with Crippen molar-refractivity contribution in [1.29, 1.82) is 0 Å². The van der Waals surface area contributed by atoms with Crippen molar-refractivity contribution in [2.45, 2.75) is 77.6 Å². The van der Waals surface area contributed by atoms with E-state index in [0.717, 1.165) is 19.5 Å². The summed E-state index contributed by atoms with van der Waals surface area (Å²) in [6.07, 6.45) is 3.36. The van der Waals surface area contributed by atoms with Gasteiger partial charge in [0.15, 0.2) is 0 Å². The van der Waals surface area contributed by atoms with Crippen LogP contribution in [-0.4, -0.2) is 79.0 Å². The van der Waals surface area contributed by atoms with E-state index in [1.54, 1.807) is 0 Å². The number of hydrogen-bond donors (Lipinski definition) is 1. The molecule has 2 saturated heterocycles. The number of amides is 1. The van der Waals surface area contributed by atoms with Crippen molar-refractivity contribution in [2.24, 2.45) is 0 Å². The van der Waals surface area contributed by atoms with E-state index >= 15 is 0 Å². The Labute approximate surface area is 153 Å². The first-order chi connectivity index (χ1) is 11.8. The highest BCUT2D eigenvalue weighted by Crippen LogP contribution is 2.16. The van der Waals surface area contributed by atoms with Gasteiger partial charge in [0.05, 0.1) is 19.3 Å². The zero-order valence-corrected chi connectivity index (χ0v) is 16.7. The largest absolute Gasteiger partial charge is 0.444 e. The van der Waals surface area contributed by atoms with E-state index in [2.05, 4.69) is 24.1 Å². The van der Waals surface area contributed by atoms with Crippen molar-refractivity contribution < 1.29 is 14.3 Å². The molecule has 1 N–H and O–H groups in total. The number of carbonyl (C=O) groups is 1. The normalized spacial score (nSPS) is 26.6. The monoisotopic (exact) mass is 355 g/mol. The molecule has 6 nitrogen and oxygen atoms in total. The van der Waals surface area contributed by atoms with Crippen molar-refractivity contribution >= 4 is 6.09 Å². The lowest BCUT2D eigenvalue weighted by Gasteiger charge is -2.37. The summed E-state index contributed by atoms with van der Waals surface area (Å²) in [5, 5.41) is 3.68. The van der Waals surface area contributed by atoms with Gasteiger partial charge in [-0.1, -0.05) is 0 Å². The van der Waals surface area contributed by atoms with Gasteiger partial charge in [-0.2, -0.15) is 0 Å². The van der Waals surface area contributed by atoms with Crippen molar-refractivity contribution in [3.63, 3.8) is 0 Å². The molecular formula is C19H37N3O3. The molecule has 0 radical (unpaired) electrons. The van der Waals surface area contributed by atoms with Gasteiger partial charge in [0.25, 0.3) is 0 Å². The van der Waals surface area contributed by atoms with E-state index in [1.165, 1.54) is 19.4 Å². The van der Waals surface area contributed by atoms with E-state index < -0.39 is 5.60 Å². The number of nitrogens with one attached hydrogen (secondary N) is 1. The molecule has 0 aromatic rings. The van der Waals surface area contributed by atoms with Crippen LogP contribution >= 0.6 is 0 Å². The second-order valence-electron chi connectivity index (χ2n) is 8.57. The predicted octanol–water partition coefficient (Wildman–Crippen LogP) is 2.47. The van der Waals surface area contributed by atoms with Crippen LogP contribution in [0.3, 0.4) is 0 Å². The van der Waals surface area contributed by atoms with Gasteiger partial charge < -0.3 is 19.7 Å². The van der Waals surface area contributed by atoms with Crippen LogP contribution in [-0.2, 0) is 9.47 Å². The minimum Gasteiger partial charge on any atom is -0.444 e. The van der Waals surface area contributed by atoms with Crippen LogP contribution < -0.4 is 5.32 Å². The first kappa shape index (κ1) is 20.5. The summed E-state index contributed by atoms with van der Waals surface area (Å²) in [6, 6.07) is 1.19. The molecular weight excluding hydrogens is 318 g/mol. The van der Waals surface area contributed by atoms with E-state index in [-0.39, 0.29) is 12.1 Å². The minimum atomic E-state index is -0.463. The molecule has 0 saturated carbocycles. The van der Waals surface area contributed by atoms with Gasteiger partial charge in [0, 0.05) is 25.2 Å². The fraction of sp³-hybridized carbons (Fsp3) is 0.947. The summed E-state index contributed by atoms with van der Waals surface area (Å²) in [6.45, 7) is 15.1. The van der Waals surface area contributed by atoms with Gasteiger partial charge in [0.1, 0.15) is 5.60 Å². The average Bonchev–Trinajstić information content (AvgIpc) is 2.77. The van der Waals surface area contributed by atoms with Crippen LogP contribution in [0.5, 0.6) is 0 Å². The Balaban J connectivity index is 1.84. The molecule has 0 aromatic heterocycles. The topological polar surface area (TPSA) is 54.0 Å². The zero-order chi connectivity index (χ0) is 18.4. The molecule has 2 aliphatic rings. The van der Waals surface area contributed by atoms with Crippen LogP contribution in [0.15, 0.2) is 0 Å². The third-order valence-electron chi connectivity index (χ3n) is 4.99. The lowest BCUT2D eigenvalue weighted by molar-refractivity contribution is -0.0322. The Morgan fingerprint density at radius 2 is 2.00 bits per heavy atom. The fourth-order valence-electron chi connectivity index (χ4n) is 3.53. The lowest BCUT2D eigenvalue weighted by atomic mass is 10.1. The minimum absolute atomic E-state index is 0.0491. The van der Waals surface area contributed by atoms with Gasteiger partial charge in [-0.25, -0.2) is 4.79 Å². The number of nitrogens with zero attached hydrogens (tertiary/aromatic N) is 2. The zero-order valence-electron chi connectivity index (χ0n) is 16.7. The number of likely N-dealkylation sites (tertiary alicyclic amines) is 1. The fourth-order valence-corrected chi connectivity index (χ4v) is 3.53. The van der Waals surface area contributed by atoms with Gasteiger partial charge in [-0.15, -0.1) is 0 Å². The Bertz CT molecular complexity index is 423. The van der Waals surface area contributed by atoms with Crippen molar-refractivity contribution in [1.82, 2.24) is 15.1 Å². The number of rotatable bonds is 4. The standard InChI is InChI=1S/C19H37N3O3/c1-15(2)21-9-6-7-16(8-10-21)20-13-17-14-24-12-11-22(17)18(23)25-19(3,4)5/h15-17,20H,6-14H2,1-5H3. The van der Waals surface area contributed by atoms with Crippen LogP contribution in [0, 0.1) is 0 Å². The van der Waals surface area contributed by atoms with E-state index in [0.29, 0.717) is 31.8 Å². The summed E-state index contributed by atoms with van der Waals surface area (Å²) >= 11 is 0. The highest BCUT2D eigenvalue weighted by Gasteiger charge is 2.31. The van der Waals surface area contributed by atoms with Crippen molar-refractivity contribution in [3.8, 4) is 0 Å². The number of carbonyl (C=O) groups excluding carboxylic acids is 1. The second-order valence-corrected chi connectivity index (χ2v) is 8.57. The number of morpholine rings is 1. The molecule has 0 bridgehead atoms. The van der Waals surface area contributed by atoms with Gasteiger partial charge in [0.2, 0.25) is 0 Å². The lowest BCUT2D eigenvalue weighted by Crippen LogP contribution is -2.55.